The van der Waals surface area contributed by atoms with Crippen molar-refractivity contribution in [2.75, 3.05) is 19.8 Å². The van der Waals surface area contributed by atoms with Gasteiger partial charge < -0.3 is 9.84 Å². The fourth-order valence-corrected chi connectivity index (χ4v) is 3.49. The first-order valence-corrected chi connectivity index (χ1v) is 7.89. The van der Waals surface area contributed by atoms with Crippen LogP contribution in [0.4, 0.5) is 8.78 Å². The molecule has 0 unspecified atom stereocenters. The Labute approximate surface area is 124 Å². The lowest BCUT2D eigenvalue weighted by atomic mass is 10.2. The zero-order valence-electron chi connectivity index (χ0n) is 10.4. The molecule has 114 valence electrons. The van der Waals surface area contributed by atoms with Gasteiger partial charge in [-0.25, -0.2) is 21.9 Å². The summed E-state index contributed by atoms with van der Waals surface area (Å²) in [6, 6.07) is 4.31. The molecule has 0 bridgehead atoms. The molecule has 0 aliphatic carbocycles. The molecule has 5 nitrogen and oxygen atoms in total. The highest BCUT2D eigenvalue weighted by atomic mass is 79.9. The van der Waals surface area contributed by atoms with E-state index in [1.807, 2.05) is 0 Å². The molecule has 1 rings (SSSR count). The molecule has 2 N–H and O–H groups in total. The van der Waals surface area contributed by atoms with Gasteiger partial charge in [0.1, 0.15) is 6.61 Å². The molecule has 1 aromatic rings. The average Bonchev–Trinajstić information content (AvgIpc) is 2.37. The number of hydrogen-bond acceptors (Lipinski definition) is 4. The quantitative estimate of drug-likeness (QED) is 0.677. The lowest BCUT2D eigenvalue weighted by Crippen LogP contribution is -2.28. The number of hydrogen-bond donors (Lipinski definition) is 2. The highest BCUT2D eigenvalue weighted by Crippen LogP contribution is 2.23. The summed E-state index contributed by atoms with van der Waals surface area (Å²) in [6.45, 7) is -1.18. The second-order valence-corrected chi connectivity index (χ2v) is 6.38. The van der Waals surface area contributed by atoms with Gasteiger partial charge in [0.05, 0.1) is 18.1 Å². The molecule has 0 saturated heterocycles. The molecule has 0 amide bonds. The highest BCUT2D eigenvalue weighted by Gasteiger charge is 2.17. The van der Waals surface area contributed by atoms with E-state index in [-0.39, 0.29) is 24.7 Å². The summed E-state index contributed by atoms with van der Waals surface area (Å²) in [4.78, 5) is 0.00330. The van der Waals surface area contributed by atoms with Gasteiger partial charge >= 0.3 is 0 Å². The van der Waals surface area contributed by atoms with Crippen molar-refractivity contribution < 1.29 is 27.0 Å². The van der Waals surface area contributed by atoms with Crippen molar-refractivity contribution in [2.24, 2.45) is 0 Å². The molecule has 0 aliphatic rings. The van der Waals surface area contributed by atoms with Gasteiger partial charge in [0.15, 0.2) is 0 Å². The van der Waals surface area contributed by atoms with E-state index in [0.717, 1.165) is 0 Å². The largest absolute Gasteiger partial charge is 0.392 e. The van der Waals surface area contributed by atoms with E-state index in [1.54, 1.807) is 0 Å². The number of sulfonamides is 1. The number of rotatable bonds is 8. The first-order valence-electron chi connectivity index (χ1n) is 5.61. The lowest BCUT2D eigenvalue weighted by molar-refractivity contribution is 0.0199. The molecule has 0 saturated carbocycles. The van der Waals surface area contributed by atoms with Gasteiger partial charge in [-0.1, -0.05) is 6.07 Å². The predicted molar refractivity (Wildman–Crippen MR) is 72.1 cm³/mol. The minimum absolute atomic E-state index is 0.00330. The van der Waals surface area contributed by atoms with E-state index in [2.05, 4.69) is 25.4 Å². The third-order valence-electron chi connectivity index (χ3n) is 2.25. The molecular weight excluding hydrogens is 360 g/mol. The first kappa shape index (κ1) is 17.4. The van der Waals surface area contributed by atoms with Crippen LogP contribution in [0.1, 0.15) is 5.56 Å². The Morgan fingerprint density at radius 3 is 2.65 bits per heavy atom. The molecule has 0 radical (unpaired) electrons. The maximum atomic E-state index is 11.9. The summed E-state index contributed by atoms with van der Waals surface area (Å²) in [5, 5.41) is 8.94. The zero-order valence-corrected chi connectivity index (χ0v) is 12.8. The number of halogens is 3. The van der Waals surface area contributed by atoms with Crippen LogP contribution >= 0.6 is 15.9 Å². The highest BCUT2D eigenvalue weighted by molar-refractivity contribution is 9.10. The van der Waals surface area contributed by atoms with Crippen molar-refractivity contribution >= 4 is 26.0 Å². The topological polar surface area (TPSA) is 75.6 Å². The zero-order chi connectivity index (χ0) is 15.2. The third kappa shape index (κ3) is 5.41. The normalized spacial score (nSPS) is 12.1. The minimum Gasteiger partial charge on any atom is -0.392 e. The monoisotopic (exact) mass is 373 g/mol. The van der Waals surface area contributed by atoms with Crippen molar-refractivity contribution in [1.29, 1.82) is 0 Å². The van der Waals surface area contributed by atoms with Crippen LogP contribution in [0.5, 0.6) is 0 Å². The summed E-state index contributed by atoms with van der Waals surface area (Å²) < 4.78 is 54.6. The minimum atomic E-state index is -3.76. The predicted octanol–water partition coefficient (Wildman–Crippen LogP) is 1.50. The Kier molecular flexibility index (Phi) is 6.96. The summed E-state index contributed by atoms with van der Waals surface area (Å²) in [5.74, 6) is 0. The Hall–Kier alpha value is -0.610. The number of aliphatic hydroxyl groups is 1. The van der Waals surface area contributed by atoms with Crippen LogP contribution in [0.25, 0.3) is 0 Å². The standard InChI is InChI=1S/C11H14BrF2NO4S/c12-9-5-8(6-16)1-2-10(9)20(17,18)15-3-4-19-7-11(13)14/h1-2,5,11,15-16H,3-4,6-7H2. The molecule has 0 spiro atoms. The van der Waals surface area contributed by atoms with E-state index >= 15 is 0 Å². The van der Waals surface area contributed by atoms with Crippen molar-refractivity contribution in [1.82, 2.24) is 4.72 Å². The van der Waals surface area contributed by atoms with Crippen LogP contribution in [0, 0.1) is 0 Å². The molecular formula is C11H14BrF2NO4S. The van der Waals surface area contributed by atoms with Crippen LogP contribution < -0.4 is 4.72 Å². The third-order valence-corrected chi connectivity index (χ3v) is 4.69. The molecule has 1 aromatic carbocycles. The summed E-state index contributed by atoms with van der Waals surface area (Å²) in [7, 11) is -3.76. The summed E-state index contributed by atoms with van der Waals surface area (Å²) >= 11 is 3.10. The molecule has 0 aliphatic heterocycles. The van der Waals surface area contributed by atoms with E-state index < -0.39 is 23.1 Å². The Morgan fingerprint density at radius 1 is 1.40 bits per heavy atom. The SMILES string of the molecule is O=S(=O)(NCCOCC(F)F)c1ccc(CO)cc1Br. The van der Waals surface area contributed by atoms with Gasteiger partial charge in [-0.05, 0) is 33.6 Å². The average molecular weight is 374 g/mol. The summed E-state index contributed by atoms with van der Waals surface area (Å²) in [6.07, 6.45) is -2.58. The van der Waals surface area contributed by atoms with Gasteiger partial charge in [0.25, 0.3) is 6.43 Å². The second-order valence-electron chi connectivity index (χ2n) is 3.79. The molecule has 20 heavy (non-hydrogen) atoms. The molecule has 0 heterocycles. The van der Waals surface area contributed by atoms with Gasteiger partial charge in [0, 0.05) is 11.0 Å². The van der Waals surface area contributed by atoms with Gasteiger partial charge in [-0.15, -0.1) is 0 Å². The molecule has 0 atom stereocenters. The Morgan fingerprint density at radius 2 is 2.10 bits per heavy atom. The van der Waals surface area contributed by atoms with Crippen LogP contribution in [-0.2, 0) is 21.4 Å². The maximum Gasteiger partial charge on any atom is 0.261 e. The van der Waals surface area contributed by atoms with E-state index in [9.17, 15) is 17.2 Å². The van der Waals surface area contributed by atoms with Crippen molar-refractivity contribution in [3.05, 3.63) is 28.2 Å². The van der Waals surface area contributed by atoms with Crippen molar-refractivity contribution in [3.63, 3.8) is 0 Å². The Balaban J connectivity index is 2.60. The maximum absolute atomic E-state index is 11.9. The Bertz CT molecular complexity index is 539. The molecule has 0 fully saturated rings. The molecule has 9 heteroatoms. The first-order chi connectivity index (χ1) is 9.36. The van der Waals surface area contributed by atoms with E-state index in [1.165, 1.54) is 18.2 Å². The number of aliphatic hydroxyl groups excluding tert-OH is 1. The van der Waals surface area contributed by atoms with Gasteiger partial charge in [-0.3, -0.25) is 0 Å². The number of benzene rings is 1. The number of ether oxygens (including phenoxy) is 1. The van der Waals surface area contributed by atoms with E-state index in [4.69, 9.17) is 5.11 Å². The summed E-state index contributed by atoms with van der Waals surface area (Å²) in [5.41, 5.74) is 0.566. The second kappa shape index (κ2) is 7.99. The molecule has 0 aromatic heterocycles. The van der Waals surface area contributed by atoms with Crippen LogP contribution in [0.3, 0.4) is 0 Å². The smallest absolute Gasteiger partial charge is 0.261 e. The van der Waals surface area contributed by atoms with Gasteiger partial charge in [-0.2, -0.15) is 0 Å². The van der Waals surface area contributed by atoms with Gasteiger partial charge in [0.2, 0.25) is 10.0 Å². The van der Waals surface area contributed by atoms with Crippen LogP contribution in [-0.4, -0.2) is 39.7 Å². The van der Waals surface area contributed by atoms with Crippen LogP contribution in [0.2, 0.25) is 0 Å². The number of nitrogens with one attached hydrogen (secondary N) is 1. The lowest BCUT2D eigenvalue weighted by Gasteiger charge is -2.09. The van der Waals surface area contributed by atoms with Crippen molar-refractivity contribution in [3.8, 4) is 0 Å². The van der Waals surface area contributed by atoms with E-state index in [0.29, 0.717) is 10.0 Å². The van der Waals surface area contributed by atoms with Crippen molar-refractivity contribution in [2.45, 2.75) is 17.9 Å². The fraction of sp³-hybridized carbons (Fsp3) is 0.455. The fourth-order valence-electron chi connectivity index (χ4n) is 1.36. The number of alkyl halides is 2. The van der Waals surface area contributed by atoms with Crippen LogP contribution in [0.15, 0.2) is 27.6 Å².